The van der Waals surface area contributed by atoms with Crippen LogP contribution in [0.5, 0.6) is 5.75 Å². The van der Waals surface area contributed by atoms with Gasteiger partial charge in [-0.1, -0.05) is 50.5 Å². The van der Waals surface area contributed by atoms with Gasteiger partial charge in [0.05, 0.1) is 32.7 Å². The van der Waals surface area contributed by atoms with Crippen LogP contribution in [0.15, 0.2) is 53.6 Å². The summed E-state index contributed by atoms with van der Waals surface area (Å²) in [5.41, 5.74) is 1.33. The minimum absolute atomic E-state index is 0.0320. The maximum Gasteiger partial charge on any atom is 0.282 e. The van der Waals surface area contributed by atoms with Gasteiger partial charge in [0.2, 0.25) is 0 Å². The molecule has 0 atom stereocenters. The summed E-state index contributed by atoms with van der Waals surface area (Å²) in [6, 6.07) is 9.32. The van der Waals surface area contributed by atoms with Crippen LogP contribution in [-0.2, 0) is 0 Å². The van der Waals surface area contributed by atoms with Gasteiger partial charge in [-0.05, 0) is 73.2 Å². The van der Waals surface area contributed by atoms with Gasteiger partial charge in [-0.2, -0.15) is 9.78 Å². The van der Waals surface area contributed by atoms with Crippen molar-refractivity contribution in [3.8, 4) is 5.75 Å². The Morgan fingerprint density at radius 1 is 1.13 bits per heavy atom. The van der Waals surface area contributed by atoms with E-state index < -0.39 is 0 Å². The molecular weight excluding hydrogens is 590 g/mol. The Bertz CT molecular complexity index is 1190. The first-order valence-electron chi connectivity index (χ1n) is 9.84. The second-order valence-corrected chi connectivity index (χ2v) is 11.4. The van der Waals surface area contributed by atoms with Crippen molar-refractivity contribution < 1.29 is 4.74 Å². The Balaban J connectivity index is 2.02. The summed E-state index contributed by atoms with van der Waals surface area (Å²) in [5.74, 6) is 1.38. The number of hydrogen-bond donors (Lipinski definition) is 0. The van der Waals surface area contributed by atoms with Crippen LogP contribution < -0.4 is 10.3 Å². The van der Waals surface area contributed by atoms with Crippen molar-refractivity contribution in [1.29, 1.82) is 0 Å². The van der Waals surface area contributed by atoms with E-state index in [1.165, 1.54) is 4.68 Å². The normalized spacial score (nSPS) is 12.3. The molecule has 1 aromatic heterocycles. The van der Waals surface area contributed by atoms with Crippen LogP contribution in [0.3, 0.4) is 0 Å². The summed E-state index contributed by atoms with van der Waals surface area (Å²) in [7, 11) is 0. The van der Waals surface area contributed by atoms with E-state index in [1.54, 1.807) is 12.3 Å². The van der Waals surface area contributed by atoms with Crippen molar-refractivity contribution >= 4 is 64.9 Å². The fraction of sp³-hybridized carbons (Fsp3) is 0.348. The molecule has 3 aromatic rings. The van der Waals surface area contributed by atoms with E-state index in [9.17, 15) is 4.79 Å². The first kappa shape index (κ1) is 24.1. The van der Waals surface area contributed by atoms with Gasteiger partial charge in [-0.3, -0.25) is 4.79 Å². The highest BCUT2D eigenvalue weighted by molar-refractivity contribution is 9.11. The van der Waals surface area contributed by atoms with E-state index in [0.717, 1.165) is 24.7 Å². The fourth-order valence-electron chi connectivity index (χ4n) is 2.86. The Hall–Kier alpha value is -1.51. The van der Waals surface area contributed by atoms with Crippen molar-refractivity contribution in [2.45, 2.75) is 40.5 Å². The second kappa shape index (κ2) is 9.55. The molecule has 0 unspecified atom stereocenters. The summed E-state index contributed by atoms with van der Waals surface area (Å²) in [4.78, 5) is 17.8. The first-order chi connectivity index (χ1) is 14.5. The predicted molar refractivity (Wildman–Crippen MR) is 138 cm³/mol. The van der Waals surface area contributed by atoms with E-state index in [0.29, 0.717) is 23.3 Å². The van der Waals surface area contributed by atoms with Crippen molar-refractivity contribution in [3.05, 3.63) is 65.5 Å². The molecule has 0 aliphatic heterocycles. The number of aromatic nitrogens is 2. The molecule has 0 saturated carbocycles. The number of hydrogen-bond acceptors (Lipinski definition) is 4. The average Bonchev–Trinajstić information content (AvgIpc) is 2.65. The smallest absolute Gasteiger partial charge is 0.282 e. The Morgan fingerprint density at radius 3 is 2.35 bits per heavy atom. The second-order valence-electron chi connectivity index (χ2n) is 8.81. The van der Waals surface area contributed by atoms with Crippen LogP contribution in [0.25, 0.3) is 10.9 Å². The molecule has 164 valence electrons. The number of fused-ring (bicyclic) bond motifs is 1. The molecular formula is C23H24Br3N3O2. The highest BCUT2D eigenvalue weighted by Gasteiger charge is 2.16. The summed E-state index contributed by atoms with van der Waals surface area (Å²) in [6.45, 7) is 10.9. The summed E-state index contributed by atoms with van der Waals surface area (Å²) >= 11 is 10.6. The molecule has 0 bridgehead atoms. The first-order valence-corrected chi connectivity index (χ1v) is 12.2. The van der Waals surface area contributed by atoms with Gasteiger partial charge in [0.25, 0.3) is 5.56 Å². The molecule has 1 heterocycles. The number of halogens is 3. The maximum absolute atomic E-state index is 13.1. The van der Waals surface area contributed by atoms with Gasteiger partial charge in [-0.25, -0.2) is 4.98 Å². The largest absolute Gasteiger partial charge is 0.491 e. The van der Waals surface area contributed by atoms with Crippen molar-refractivity contribution in [2.75, 3.05) is 6.61 Å². The van der Waals surface area contributed by atoms with Crippen LogP contribution in [0.1, 0.15) is 51.9 Å². The van der Waals surface area contributed by atoms with Gasteiger partial charge in [0.1, 0.15) is 11.6 Å². The van der Waals surface area contributed by atoms with Crippen molar-refractivity contribution in [2.24, 2.45) is 10.5 Å². The molecule has 0 saturated heterocycles. The molecule has 0 fully saturated rings. The lowest BCUT2D eigenvalue weighted by molar-refractivity contribution is 0.196. The van der Waals surface area contributed by atoms with Crippen molar-refractivity contribution in [3.63, 3.8) is 0 Å². The third-order valence-corrected chi connectivity index (χ3v) is 6.01. The topological polar surface area (TPSA) is 56.5 Å². The summed E-state index contributed by atoms with van der Waals surface area (Å²) in [6.07, 6.45) is 1.65. The molecule has 31 heavy (non-hydrogen) atoms. The minimum atomic E-state index is -0.200. The van der Waals surface area contributed by atoms with Gasteiger partial charge in [0, 0.05) is 10.4 Å². The van der Waals surface area contributed by atoms with Crippen LogP contribution >= 0.6 is 47.8 Å². The Labute approximate surface area is 207 Å². The monoisotopic (exact) mass is 611 g/mol. The fourth-order valence-corrected chi connectivity index (χ4v) is 4.67. The van der Waals surface area contributed by atoms with E-state index in [4.69, 9.17) is 4.74 Å². The van der Waals surface area contributed by atoms with Gasteiger partial charge in [0.15, 0.2) is 0 Å². The van der Waals surface area contributed by atoms with Crippen molar-refractivity contribution in [1.82, 2.24) is 9.66 Å². The summed E-state index contributed by atoms with van der Waals surface area (Å²) < 4.78 is 9.80. The van der Waals surface area contributed by atoms with Gasteiger partial charge < -0.3 is 4.74 Å². The molecule has 0 aliphatic carbocycles. The third-order valence-electron chi connectivity index (χ3n) is 4.34. The number of rotatable bonds is 5. The molecule has 8 heteroatoms. The molecule has 5 nitrogen and oxygen atoms in total. The quantitative estimate of drug-likeness (QED) is 0.288. The van der Waals surface area contributed by atoms with Crippen LogP contribution in [0, 0.1) is 5.41 Å². The molecule has 0 amide bonds. The lowest BCUT2D eigenvalue weighted by Gasteiger charge is -2.20. The van der Waals surface area contributed by atoms with E-state index >= 15 is 0 Å². The minimum Gasteiger partial charge on any atom is -0.491 e. The highest BCUT2D eigenvalue weighted by Crippen LogP contribution is 2.35. The zero-order valence-corrected chi connectivity index (χ0v) is 22.8. The molecule has 2 aromatic carbocycles. The number of ether oxygens (including phenoxy) is 1. The van der Waals surface area contributed by atoms with Crippen LogP contribution in [0.4, 0.5) is 0 Å². The number of nitrogens with zero attached hydrogens (tertiary/aromatic N) is 3. The average molecular weight is 614 g/mol. The molecule has 0 aliphatic rings. The standard InChI is InChI=1S/C23H24Br3N3O2/c1-13(2)21-28-19-7-6-15(24)10-16(19)22(30)29(21)27-11-14-8-17(25)20(18(26)9-14)31-12-23(3,4)5/h6-11,13H,12H2,1-5H3. The Morgan fingerprint density at radius 2 is 1.77 bits per heavy atom. The predicted octanol–water partition coefficient (Wildman–Crippen LogP) is 7.11. The molecule has 0 radical (unpaired) electrons. The van der Waals surface area contributed by atoms with E-state index in [1.807, 2.05) is 38.1 Å². The Kier molecular flexibility index (Phi) is 7.43. The molecule has 3 rings (SSSR count). The lowest BCUT2D eigenvalue weighted by atomic mass is 9.99. The van der Waals surface area contributed by atoms with Crippen LogP contribution in [-0.4, -0.2) is 22.5 Å². The number of benzene rings is 2. The zero-order chi connectivity index (χ0) is 22.9. The SMILES string of the molecule is CC(C)c1nc2ccc(Br)cc2c(=O)n1N=Cc1cc(Br)c(OCC(C)(C)C)c(Br)c1. The third kappa shape index (κ3) is 5.84. The highest BCUT2D eigenvalue weighted by atomic mass is 79.9. The van der Waals surface area contributed by atoms with Crippen LogP contribution in [0.2, 0.25) is 0 Å². The van der Waals surface area contributed by atoms with Gasteiger partial charge >= 0.3 is 0 Å². The maximum atomic E-state index is 13.1. The van der Waals surface area contributed by atoms with E-state index in [-0.39, 0.29) is 16.9 Å². The van der Waals surface area contributed by atoms with E-state index in [2.05, 4.69) is 78.6 Å². The van der Waals surface area contributed by atoms with Gasteiger partial charge in [-0.15, -0.1) is 0 Å². The molecule has 0 N–H and O–H groups in total. The molecule has 0 spiro atoms. The lowest BCUT2D eigenvalue weighted by Crippen LogP contribution is -2.23. The summed E-state index contributed by atoms with van der Waals surface area (Å²) in [5, 5.41) is 5.01. The zero-order valence-electron chi connectivity index (χ0n) is 18.0.